The minimum Gasteiger partial charge on any atom is -0.494 e. The number of carbonyl (C=O) groups excluding carboxylic acids is 4. The van der Waals surface area contributed by atoms with E-state index in [1.165, 1.54) is 16.2 Å². The zero-order valence-corrected chi connectivity index (χ0v) is 24.2. The number of cyclic esters (lactones) is 1. The number of carboxylic acid groups (broad SMARTS) is 1. The van der Waals surface area contributed by atoms with Crippen LogP contribution < -0.4 is 10.1 Å². The van der Waals surface area contributed by atoms with Crippen LogP contribution in [0.5, 0.6) is 5.75 Å². The molecule has 0 unspecified atom stereocenters. The van der Waals surface area contributed by atoms with E-state index in [2.05, 4.69) is 10.3 Å². The van der Waals surface area contributed by atoms with Crippen molar-refractivity contribution in [3.8, 4) is 5.75 Å². The summed E-state index contributed by atoms with van der Waals surface area (Å²) in [5, 5.41) is 12.7. The van der Waals surface area contributed by atoms with Gasteiger partial charge in [0.05, 0.1) is 36.2 Å². The molecule has 2 saturated heterocycles. The fourth-order valence-corrected chi connectivity index (χ4v) is 5.90. The van der Waals surface area contributed by atoms with E-state index in [9.17, 15) is 19.2 Å². The van der Waals surface area contributed by atoms with E-state index < -0.39 is 12.0 Å². The van der Waals surface area contributed by atoms with Gasteiger partial charge < -0.3 is 29.7 Å². The second-order valence-corrected chi connectivity index (χ2v) is 11.2. The fraction of sp³-hybridized carbons (Fsp3) is 0.500. The Bertz CT molecular complexity index is 1290. The number of fused-ring (bicyclic) bond motifs is 4. The Kier molecular flexibility index (Phi) is 10.7. The van der Waals surface area contributed by atoms with Crippen molar-refractivity contribution in [2.75, 3.05) is 59.0 Å². The first kappa shape index (κ1) is 30.8. The topological polar surface area (TPSA) is 159 Å². The molecule has 1 aromatic heterocycles. The van der Waals surface area contributed by atoms with E-state index in [0.717, 1.165) is 16.3 Å². The second-order valence-electron chi connectivity index (χ2n) is 10.1. The lowest BCUT2D eigenvalue weighted by Crippen LogP contribution is -2.43. The maximum atomic E-state index is 13.4. The van der Waals surface area contributed by atoms with Gasteiger partial charge in [0.15, 0.2) is 0 Å². The molecule has 1 aromatic carbocycles. The Balaban J connectivity index is 0.00000129. The molecule has 5 rings (SSSR count). The Morgan fingerprint density at radius 1 is 1.10 bits per heavy atom. The summed E-state index contributed by atoms with van der Waals surface area (Å²) in [7, 11) is 0. The molecule has 42 heavy (non-hydrogen) atoms. The van der Waals surface area contributed by atoms with Gasteiger partial charge in [-0.05, 0) is 31.0 Å². The third kappa shape index (κ3) is 7.96. The molecule has 13 nitrogen and oxygen atoms in total. The molecular weight excluding hydrogens is 566 g/mol. The number of ether oxygens (including phenoxy) is 2. The van der Waals surface area contributed by atoms with Crippen molar-refractivity contribution in [3.05, 3.63) is 45.9 Å². The number of hydrogen-bond acceptors (Lipinski definition) is 9. The van der Waals surface area contributed by atoms with Gasteiger partial charge in [-0.3, -0.25) is 24.1 Å². The Morgan fingerprint density at radius 2 is 1.88 bits per heavy atom. The van der Waals surface area contributed by atoms with Crippen LogP contribution in [0.4, 0.5) is 4.79 Å². The minimum atomic E-state index is -0.493. The van der Waals surface area contributed by atoms with Crippen LogP contribution in [-0.4, -0.2) is 114 Å². The summed E-state index contributed by atoms with van der Waals surface area (Å²) in [6, 6.07) is 7.64. The number of hydrogen-bond donors (Lipinski definition) is 2. The summed E-state index contributed by atoms with van der Waals surface area (Å²) < 4.78 is 10.9. The minimum absolute atomic E-state index is 0.0420. The maximum absolute atomic E-state index is 13.4. The Labute approximate surface area is 247 Å². The molecule has 226 valence electrons. The summed E-state index contributed by atoms with van der Waals surface area (Å²) in [5.74, 6) is -0.435. The molecule has 2 N–H and O–H groups in total. The molecule has 0 aliphatic carbocycles. The number of rotatable bonds is 4. The highest BCUT2D eigenvalue weighted by Crippen LogP contribution is 2.35. The summed E-state index contributed by atoms with van der Waals surface area (Å²) in [4.78, 5) is 68.9. The SMILES string of the molecule is Cc1nc(CC(=O)N2CCCOc3cccc(c3)[C@H]3CN(C(=O)CN4CCOC4=O)C[C@@H]3C(=O)NCC2)cs1.O=CO. The number of likely N-dealkylation sites (tertiary alicyclic amines) is 1. The van der Waals surface area contributed by atoms with Crippen LogP contribution in [0, 0.1) is 12.8 Å². The van der Waals surface area contributed by atoms with Crippen molar-refractivity contribution in [2.45, 2.75) is 25.7 Å². The largest absolute Gasteiger partial charge is 0.494 e. The summed E-state index contributed by atoms with van der Waals surface area (Å²) in [6.45, 7) is 4.47. The van der Waals surface area contributed by atoms with Gasteiger partial charge in [0, 0.05) is 44.0 Å². The van der Waals surface area contributed by atoms with Gasteiger partial charge in [0.1, 0.15) is 18.9 Å². The van der Waals surface area contributed by atoms with Crippen LogP contribution in [0.1, 0.15) is 28.6 Å². The summed E-state index contributed by atoms with van der Waals surface area (Å²) >= 11 is 1.51. The molecule has 2 fully saturated rings. The predicted molar refractivity (Wildman–Crippen MR) is 151 cm³/mol. The Morgan fingerprint density at radius 3 is 2.60 bits per heavy atom. The van der Waals surface area contributed by atoms with E-state index in [-0.39, 0.29) is 56.2 Å². The lowest BCUT2D eigenvalue weighted by Gasteiger charge is -2.25. The van der Waals surface area contributed by atoms with E-state index >= 15 is 0 Å². The van der Waals surface area contributed by atoms with E-state index in [4.69, 9.17) is 19.4 Å². The number of thiazole rings is 1. The number of carbonyl (C=O) groups is 5. The molecule has 2 aromatic rings. The number of aromatic nitrogens is 1. The first-order chi connectivity index (χ1) is 20.3. The van der Waals surface area contributed by atoms with Crippen molar-refractivity contribution in [1.29, 1.82) is 0 Å². The van der Waals surface area contributed by atoms with E-state index in [0.29, 0.717) is 51.5 Å². The molecule has 0 spiro atoms. The molecule has 14 heteroatoms. The van der Waals surface area contributed by atoms with Gasteiger partial charge in [-0.25, -0.2) is 9.78 Å². The highest BCUT2D eigenvalue weighted by molar-refractivity contribution is 7.09. The summed E-state index contributed by atoms with van der Waals surface area (Å²) in [5.41, 5.74) is 1.68. The number of nitrogens with zero attached hydrogens (tertiary/aromatic N) is 4. The van der Waals surface area contributed by atoms with E-state index in [1.54, 1.807) is 9.80 Å². The van der Waals surface area contributed by atoms with Gasteiger partial charge in [0.25, 0.3) is 6.47 Å². The van der Waals surface area contributed by atoms with Crippen LogP contribution >= 0.6 is 11.3 Å². The summed E-state index contributed by atoms with van der Waals surface area (Å²) in [6.07, 6.45) is 0.369. The van der Waals surface area contributed by atoms with Gasteiger partial charge in [-0.2, -0.15) is 0 Å². The van der Waals surface area contributed by atoms with Crippen molar-refractivity contribution < 1.29 is 38.6 Å². The lowest BCUT2D eigenvalue weighted by molar-refractivity contribution is -0.132. The molecular formula is C28H35N5O8S. The molecule has 3 aliphatic heterocycles. The lowest BCUT2D eigenvalue weighted by atomic mass is 9.88. The van der Waals surface area contributed by atoms with Crippen LogP contribution in [-0.2, 0) is 30.3 Å². The van der Waals surface area contributed by atoms with Crippen molar-refractivity contribution >= 4 is 41.6 Å². The molecule has 3 aliphatic rings. The molecule has 4 heterocycles. The average Bonchev–Trinajstić information content (AvgIpc) is 3.70. The number of nitrogens with one attached hydrogen (secondary N) is 1. The molecule has 0 saturated carbocycles. The Hall–Kier alpha value is -4.20. The second kappa shape index (κ2) is 14.6. The third-order valence-corrected chi connectivity index (χ3v) is 8.16. The predicted octanol–water partition coefficient (Wildman–Crippen LogP) is 1.12. The number of amides is 4. The average molecular weight is 602 g/mol. The van der Waals surface area contributed by atoms with Crippen LogP contribution in [0.25, 0.3) is 0 Å². The van der Waals surface area contributed by atoms with E-state index in [1.807, 2.05) is 36.6 Å². The standard InChI is InChI=1S/C27H33N5O6S.CH2O2/c1-18-29-20(17-39-18)13-24(33)30-7-3-10-37-21-5-2-4-19(12-21)22-14-32(15-23(22)26(35)28-6-8-30)25(34)16-31-9-11-38-27(31)36;2-1-3/h2,4-5,12,17,22-23H,3,6-11,13-16H2,1H3,(H,28,35);1H,(H,2,3)/t22-,23+;/m1./s1. The smallest absolute Gasteiger partial charge is 0.410 e. The van der Waals surface area contributed by atoms with Gasteiger partial charge in [-0.15, -0.1) is 11.3 Å². The quantitative estimate of drug-likeness (QED) is 0.490. The van der Waals surface area contributed by atoms with Crippen molar-refractivity contribution in [3.63, 3.8) is 0 Å². The third-order valence-electron chi connectivity index (χ3n) is 7.34. The normalized spacial score (nSPS) is 20.7. The number of benzene rings is 1. The zero-order chi connectivity index (χ0) is 30.1. The van der Waals surface area contributed by atoms with Crippen molar-refractivity contribution in [2.24, 2.45) is 5.92 Å². The zero-order valence-electron chi connectivity index (χ0n) is 23.4. The number of aryl methyl sites for hydroxylation is 1. The van der Waals surface area contributed by atoms with Crippen LogP contribution in [0.15, 0.2) is 29.6 Å². The highest BCUT2D eigenvalue weighted by atomic mass is 32.1. The molecule has 0 radical (unpaired) electrons. The first-order valence-corrected chi connectivity index (χ1v) is 14.6. The monoisotopic (exact) mass is 601 g/mol. The van der Waals surface area contributed by atoms with Gasteiger partial charge in [0.2, 0.25) is 17.7 Å². The molecule has 2 atom stereocenters. The van der Waals surface area contributed by atoms with Gasteiger partial charge in [-0.1, -0.05) is 12.1 Å². The van der Waals surface area contributed by atoms with Crippen LogP contribution in [0.3, 0.4) is 0 Å². The van der Waals surface area contributed by atoms with Crippen LogP contribution in [0.2, 0.25) is 0 Å². The maximum Gasteiger partial charge on any atom is 0.410 e. The fourth-order valence-electron chi connectivity index (χ4n) is 5.29. The highest BCUT2D eigenvalue weighted by Gasteiger charge is 2.41. The first-order valence-electron chi connectivity index (χ1n) is 13.8. The van der Waals surface area contributed by atoms with Crippen molar-refractivity contribution in [1.82, 2.24) is 25.0 Å². The molecule has 4 amide bonds. The molecule has 2 bridgehead atoms. The van der Waals surface area contributed by atoms with Gasteiger partial charge >= 0.3 is 6.09 Å².